The molecule has 3 aliphatic heterocycles. The number of anilines is 4. The second kappa shape index (κ2) is 29.2. The van der Waals surface area contributed by atoms with Crippen molar-refractivity contribution in [3.63, 3.8) is 0 Å². The minimum absolute atomic E-state index is 0.0729. The standard InChI is InChI=1S/C45H50N4O6S.C33H37BN4O5S/c1-6-53-40(50)24-19-29-17-20-31(21-18-29)54-37-15-10-12-32(28(37)2)33-22-23-39(47-41(33)43(52)55-45(3,4)5)49-26-25-30-11-9-13-34(35(30)27-49)42(51)48-44-46-36-14-7-8-16-38(36)56-44;1-31(2,3)41-29(40)27-23(34-42-32(4,5)33(6,7)43-34)15-16-26(36-27)38-18-17-20-11-10-12-21(22(20)19-38)28(39)37-30-35-24-13-8-9-14-25(24)44-30/h7-16,22-23,29,31H,6,17-21,24-27H2,1-5H3,(H,46,48,51);8-16H,17-19H2,1-7H3,(H,35,37,39). The van der Waals surface area contributed by atoms with Crippen LogP contribution in [0.15, 0.2) is 127 Å². The molecule has 0 atom stereocenters. The van der Waals surface area contributed by atoms with Gasteiger partial charge in [-0.25, -0.2) is 29.5 Å². The fraction of sp³-hybridized carbons (Fsp3) is 0.397. The van der Waals surface area contributed by atoms with E-state index in [2.05, 4.69) is 42.5 Å². The zero-order valence-corrected chi connectivity index (χ0v) is 60.7. The fourth-order valence-electron chi connectivity index (χ4n) is 13.1. The Labute approximate surface area is 592 Å². The van der Waals surface area contributed by atoms with Crippen molar-refractivity contribution in [3.8, 4) is 16.9 Å². The third kappa shape index (κ3) is 16.2. The van der Waals surface area contributed by atoms with Crippen LogP contribution in [-0.2, 0) is 54.2 Å². The predicted molar refractivity (Wildman–Crippen MR) is 394 cm³/mol. The summed E-state index contributed by atoms with van der Waals surface area (Å²) in [6.45, 7) is 25.4. The number of para-hydroxylation sites is 2. The number of carbonyl (C=O) groups is 5. The van der Waals surface area contributed by atoms with Crippen molar-refractivity contribution in [3.05, 3.63) is 178 Å². The van der Waals surface area contributed by atoms with E-state index >= 15 is 0 Å². The second-order valence-corrected chi connectivity index (χ2v) is 31.0. The highest BCUT2D eigenvalue weighted by atomic mass is 32.1. The Morgan fingerprint density at radius 1 is 0.590 bits per heavy atom. The van der Waals surface area contributed by atoms with Crippen molar-refractivity contribution in [2.75, 3.05) is 40.1 Å². The minimum atomic E-state index is -0.774. The Kier molecular flexibility index (Phi) is 20.7. The van der Waals surface area contributed by atoms with E-state index in [1.807, 2.05) is 198 Å². The maximum absolute atomic E-state index is 13.9. The number of esters is 3. The molecule has 100 heavy (non-hydrogen) atoms. The van der Waals surface area contributed by atoms with E-state index in [0.717, 1.165) is 98.1 Å². The van der Waals surface area contributed by atoms with Crippen LogP contribution in [-0.4, -0.2) is 105 Å². The summed E-state index contributed by atoms with van der Waals surface area (Å²) in [5.74, 6) is 0.927. The first-order valence-electron chi connectivity index (χ1n) is 34.5. The van der Waals surface area contributed by atoms with Crippen LogP contribution in [0.3, 0.4) is 0 Å². The van der Waals surface area contributed by atoms with Gasteiger partial charge in [-0.15, -0.1) is 0 Å². The molecule has 2 fully saturated rings. The SMILES string of the molecule is CC(C)(C)OC(=O)c1nc(N2CCc3cccc(C(=O)Nc4nc5ccccc5s4)c3C2)ccc1B1OC(C)(C)C(C)(C)O1.CCOC(=O)CCC1CCC(Oc2cccc(-c3ccc(N4CCc5cccc(C(=O)Nc6nc7ccccc7s6)c5C4)nc3C(=O)OC(C)(C)C)c2C)CC1. The van der Waals surface area contributed by atoms with Gasteiger partial charge in [-0.1, -0.05) is 89.4 Å². The van der Waals surface area contributed by atoms with Crippen molar-refractivity contribution in [1.29, 1.82) is 0 Å². The number of nitrogens with one attached hydrogen (secondary N) is 2. The Hall–Kier alpha value is -9.09. The Morgan fingerprint density at radius 2 is 1.09 bits per heavy atom. The molecule has 0 spiro atoms. The molecule has 2 N–H and O–H groups in total. The molecule has 0 bridgehead atoms. The van der Waals surface area contributed by atoms with Crippen molar-refractivity contribution in [2.24, 2.45) is 5.92 Å². The molecule has 19 nitrogen and oxygen atoms in total. The van der Waals surface area contributed by atoms with E-state index in [-0.39, 0.29) is 35.3 Å². The first-order chi connectivity index (χ1) is 47.7. The summed E-state index contributed by atoms with van der Waals surface area (Å²) in [7, 11) is -0.774. The number of thiazole rings is 2. The van der Waals surface area contributed by atoms with Gasteiger partial charge in [0.05, 0.1) is 44.3 Å². The Bertz CT molecular complexity index is 4480. The highest BCUT2D eigenvalue weighted by Gasteiger charge is 2.53. The maximum atomic E-state index is 13.9. The Balaban J connectivity index is 0.000000195. The van der Waals surface area contributed by atoms with Crippen LogP contribution in [0.4, 0.5) is 21.9 Å². The molecular formula is C78H87BN8O11S2. The van der Waals surface area contributed by atoms with Gasteiger partial charge in [-0.2, -0.15) is 0 Å². The summed E-state index contributed by atoms with van der Waals surface area (Å²) in [6.07, 6.45) is 6.68. The van der Waals surface area contributed by atoms with E-state index < -0.39 is 41.5 Å². The lowest BCUT2D eigenvalue weighted by Crippen LogP contribution is -2.41. The summed E-state index contributed by atoms with van der Waals surface area (Å²) >= 11 is 2.89. The van der Waals surface area contributed by atoms with Crippen molar-refractivity contribution >= 4 is 107 Å². The molecule has 0 unspecified atom stereocenters. The molecule has 7 heterocycles. The first-order valence-corrected chi connectivity index (χ1v) is 36.1. The van der Waals surface area contributed by atoms with Gasteiger partial charge in [0, 0.05) is 54.8 Å². The molecule has 1 saturated heterocycles. The molecular weight excluding hydrogens is 1300 g/mol. The van der Waals surface area contributed by atoms with Gasteiger partial charge in [-0.05, 0) is 228 Å². The van der Waals surface area contributed by atoms with Crippen LogP contribution in [0.25, 0.3) is 31.6 Å². The highest BCUT2D eigenvalue weighted by molar-refractivity contribution is 7.22. The molecule has 9 aromatic rings. The van der Waals surface area contributed by atoms with Gasteiger partial charge in [0.15, 0.2) is 21.7 Å². The Morgan fingerprint density at radius 3 is 1.61 bits per heavy atom. The number of pyridine rings is 2. The fourth-order valence-corrected chi connectivity index (χ4v) is 14.8. The maximum Gasteiger partial charge on any atom is 0.497 e. The summed E-state index contributed by atoms with van der Waals surface area (Å²) in [4.78, 5) is 89.7. The van der Waals surface area contributed by atoms with Crippen molar-refractivity contribution < 1.29 is 52.2 Å². The first kappa shape index (κ1) is 70.8. The molecule has 13 rings (SSSR count). The molecule has 0 radical (unpaired) electrons. The number of rotatable bonds is 16. The predicted octanol–water partition coefficient (Wildman–Crippen LogP) is 15.5. The number of benzene rings is 5. The van der Waals surface area contributed by atoms with Crippen molar-refractivity contribution in [1.82, 2.24) is 19.9 Å². The number of fused-ring (bicyclic) bond motifs is 4. The lowest BCUT2D eigenvalue weighted by Gasteiger charge is -2.32. The summed E-state index contributed by atoms with van der Waals surface area (Å²) in [6, 6.07) is 40.8. The summed E-state index contributed by atoms with van der Waals surface area (Å²) in [5, 5.41) is 7.13. The van der Waals surface area contributed by atoms with E-state index in [1.165, 1.54) is 22.7 Å². The summed E-state index contributed by atoms with van der Waals surface area (Å²) in [5.41, 5.74) is 7.70. The normalized spacial score (nSPS) is 17.1. The van der Waals surface area contributed by atoms with Crippen molar-refractivity contribution in [2.45, 2.75) is 176 Å². The van der Waals surface area contributed by atoms with E-state index in [1.54, 1.807) is 0 Å². The molecule has 1 saturated carbocycles. The van der Waals surface area contributed by atoms with Gasteiger partial charge < -0.3 is 38.1 Å². The average Bonchev–Trinajstić information content (AvgIpc) is 1.72. The third-order valence-electron chi connectivity index (χ3n) is 18.9. The zero-order chi connectivity index (χ0) is 70.8. The minimum Gasteiger partial charge on any atom is -0.490 e. The number of amides is 2. The molecule has 2 amide bonds. The molecule has 4 aromatic heterocycles. The van der Waals surface area contributed by atoms with Crippen LogP contribution in [0, 0.1) is 12.8 Å². The number of carbonyl (C=O) groups excluding carboxylic acids is 5. The number of aromatic nitrogens is 4. The van der Waals surface area contributed by atoms with Gasteiger partial charge in [0.2, 0.25) is 0 Å². The number of nitrogens with zero attached hydrogens (tertiary/aromatic N) is 6. The number of hydrogen-bond acceptors (Lipinski definition) is 19. The van der Waals surface area contributed by atoms with Gasteiger partial charge in [0.1, 0.15) is 28.6 Å². The van der Waals surface area contributed by atoms with Crippen LogP contribution in [0.5, 0.6) is 5.75 Å². The summed E-state index contributed by atoms with van der Waals surface area (Å²) < 4.78 is 38.0. The van der Waals surface area contributed by atoms with Crippen LogP contribution < -0.4 is 30.6 Å². The third-order valence-corrected chi connectivity index (χ3v) is 20.8. The quantitative estimate of drug-likeness (QED) is 0.0521. The monoisotopic (exact) mass is 1390 g/mol. The lowest BCUT2D eigenvalue weighted by molar-refractivity contribution is -0.143. The van der Waals surface area contributed by atoms with Crippen LogP contribution in [0.1, 0.15) is 184 Å². The van der Waals surface area contributed by atoms with Gasteiger partial charge in [0.25, 0.3) is 11.8 Å². The van der Waals surface area contributed by atoms with E-state index in [4.69, 9.17) is 38.2 Å². The topological polar surface area (TPSA) is 223 Å². The van der Waals surface area contributed by atoms with Crippen LogP contribution >= 0.6 is 22.7 Å². The molecule has 5 aromatic carbocycles. The largest absolute Gasteiger partial charge is 0.497 e. The van der Waals surface area contributed by atoms with E-state index in [9.17, 15) is 24.0 Å². The molecule has 520 valence electrons. The van der Waals surface area contributed by atoms with Gasteiger partial charge in [-0.3, -0.25) is 25.0 Å². The van der Waals surface area contributed by atoms with Gasteiger partial charge >= 0.3 is 25.0 Å². The number of ether oxygens (including phenoxy) is 4. The average molecular weight is 1390 g/mol. The molecule has 22 heteroatoms. The lowest BCUT2D eigenvalue weighted by atomic mass is 9.77. The van der Waals surface area contributed by atoms with Crippen LogP contribution in [0.2, 0.25) is 0 Å². The number of hydrogen-bond donors (Lipinski definition) is 2. The van der Waals surface area contributed by atoms with E-state index in [0.29, 0.717) is 95.6 Å². The zero-order valence-electron chi connectivity index (χ0n) is 59.0. The molecule has 1 aliphatic carbocycles. The second-order valence-electron chi connectivity index (χ2n) is 28.9. The smallest absolute Gasteiger partial charge is 0.490 e. The highest BCUT2D eigenvalue weighted by Crippen LogP contribution is 2.40. The molecule has 4 aliphatic rings.